The van der Waals surface area contributed by atoms with E-state index in [1.165, 1.54) is 12.8 Å². The first kappa shape index (κ1) is 50.3. The van der Waals surface area contributed by atoms with Gasteiger partial charge in [0.15, 0.2) is 23.1 Å². The fourth-order valence-corrected chi connectivity index (χ4v) is 9.06. The van der Waals surface area contributed by atoms with Gasteiger partial charge in [-0.25, -0.2) is 0 Å². The zero-order chi connectivity index (χ0) is 49.4. The highest BCUT2D eigenvalue weighted by molar-refractivity contribution is 7.10. The maximum Gasteiger partial charge on any atom is 0.316 e. The summed E-state index contributed by atoms with van der Waals surface area (Å²) in [5.74, 6) is -2.37. The van der Waals surface area contributed by atoms with Crippen molar-refractivity contribution in [1.82, 2.24) is 4.90 Å². The number of thiophene rings is 1. The fraction of sp³-hybridized carbons (Fsp3) is 0.237. The normalized spacial score (nSPS) is 11.8. The van der Waals surface area contributed by atoms with Crippen molar-refractivity contribution < 1.29 is 33.4 Å². The van der Waals surface area contributed by atoms with Crippen LogP contribution in [-0.4, -0.2) is 41.4 Å². The van der Waals surface area contributed by atoms with E-state index >= 15 is 0 Å². The molecular weight excluding hydrogens is 895 g/mol. The smallest absolute Gasteiger partial charge is 0.316 e. The number of carbonyl (C=O) groups is 5. The second-order valence-electron chi connectivity index (χ2n) is 17.2. The third-order valence-electron chi connectivity index (χ3n) is 12.1. The molecule has 0 aliphatic heterocycles. The van der Waals surface area contributed by atoms with Crippen LogP contribution in [-0.2, 0) is 20.9 Å². The Labute approximate surface area is 414 Å². The minimum absolute atomic E-state index is 0.0185. The number of anilines is 3. The molecular formula is C59H59N3O7S. The first-order chi connectivity index (χ1) is 34.0. The van der Waals surface area contributed by atoms with Gasteiger partial charge in [-0.3, -0.25) is 24.0 Å². The zero-order valence-electron chi connectivity index (χ0n) is 40.1. The highest BCUT2D eigenvalue weighted by atomic mass is 32.1. The molecule has 0 spiro atoms. The van der Waals surface area contributed by atoms with Crippen LogP contribution in [0.1, 0.15) is 114 Å². The third kappa shape index (κ3) is 12.9. The molecule has 0 saturated heterocycles. The highest BCUT2D eigenvalue weighted by Crippen LogP contribution is 2.40. The SMILES string of the molecule is CCCCCCCC(=O)N(C)Cc1cc(-c2ccc(C(Nc3ccccc3C(=O)c3ccccc3)C(C)C(=O)Oc3c(Nc4ccccc4C(=O)c4ccccc4)cccc3OC(=O)CC)cc2)cs1. The lowest BCUT2D eigenvalue weighted by Gasteiger charge is -2.27. The number of unbranched alkanes of at least 4 members (excludes halogenated alkanes) is 4. The van der Waals surface area contributed by atoms with Crippen molar-refractivity contribution in [3.63, 3.8) is 0 Å². The molecule has 1 heterocycles. The summed E-state index contributed by atoms with van der Waals surface area (Å²) in [6, 6.07) is 46.3. The molecule has 1 amide bonds. The lowest BCUT2D eigenvalue weighted by atomic mass is 9.92. The molecule has 0 bridgehead atoms. The van der Waals surface area contributed by atoms with Crippen LogP contribution in [0.3, 0.4) is 0 Å². The van der Waals surface area contributed by atoms with E-state index in [2.05, 4.69) is 29.0 Å². The highest BCUT2D eigenvalue weighted by Gasteiger charge is 2.31. The second kappa shape index (κ2) is 24.6. The maximum absolute atomic E-state index is 14.8. The molecule has 0 aliphatic rings. The standard InChI is InChI=1S/C59H59N3O7S/c1-5-7-8-9-16-32-53(63)62(4)38-46-37-45(39-70-46)41-33-35-42(36-34-41)55(61-50-29-20-18-27-48(50)57(66)44-24-14-11-15-25-44)40(3)59(67)69-58-51(30-21-31-52(58)68-54(64)6-2)60-49-28-19-17-26-47(49)56(65)43-22-12-10-13-23-43/h10-15,17-31,33-37,39-40,55,60-61H,5-9,16,32,38H2,1-4H3. The first-order valence-corrected chi connectivity index (χ1v) is 24.8. The van der Waals surface area contributed by atoms with Gasteiger partial charge in [0.25, 0.3) is 0 Å². The summed E-state index contributed by atoms with van der Waals surface area (Å²) in [6.45, 7) is 6.12. The number of ketones is 2. The van der Waals surface area contributed by atoms with E-state index in [1.54, 1.807) is 121 Å². The van der Waals surface area contributed by atoms with Gasteiger partial charge in [0.1, 0.15) is 0 Å². The summed E-state index contributed by atoms with van der Waals surface area (Å²) in [6.07, 6.45) is 6.11. The number of hydrogen-bond donors (Lipinski definition) is 2. The van der Waals surface area contributed by atoms with Crippen molar-refractivity contribution in [3.05, 3.63) is 196 Å². The molecule has 70 heavy (non-hydrogen) atoms. The first-order valence-electron chi connectivity index (χ1n) is 23.9. The van der Waals surface area contributed by atoms with Crippen LogP contribution in [0.4, 0.5) is 17.1 Å². The van der Waals surface area contributed by atoms with Gasteiger partial charge in [0, 0.05) is 58.4 Å². The van der Waals surface area contributed by atoms with E-state index in [1.807, 2.05) is 67.7 Å². The summed E-state index contributed by atoms with van der Waals surface area (Å²) in [4.78, 5) is 71.1. The lowest BCUT2D eigenvalue weighted by Crippen LogP contribution is -2.29. The van der Waals surface area contributed by atoms with Gasteiger partial charge in [0.2, 0.25) is 5.91 Å². The number of para-hydroxylation sites is 3. The van der Waals surface area contributed by atoms with Crippen molar-refractivity contribution in [2.24, 2.45) is 5.92 Å². The van der Waals surface area contributed by atoms with Gasteiger partial charge >= 0.3 is 11.9 Å². The number of carbonyl (C=O) groups excluding carboxylic acids is 5. The average molecular weight is 954 g/mol. The summed E-state index contributed by atoms with van der Waals surface area (Å²) >= 11 is 1.61. The minimum atomic E-state index is -0.909. The maximum atomic E-state index is 14.8. The zero-order valence-corrected chi connectivity index (χ0v) is 40.9. The van der Waals surface area contributed by atoms with E-state index in [0.29, 0.717) is 46.6 Å². The molecule has 7 rings (SSSR count). The molecule has 7 aromatic rings. The van der Waals surface area contributed by atoms with Crippen LogP contribution in [0, 0.1) is 5.92 Å². The van der Waals surface area contributed by atoms with Crippen molar-refractivity contribution in [2.75, 3.05) is 17.7 Å². The van der Waals surface area contributed by atoms with Gasteiger partial charge < -0.3 is 25.0 Å². The molecule has 358 valence electrons. The monoisotopic (exact) mass is 953 g/mol. The van der Waals surface area contributed by atoms with Crippen molar-refractivity contribution >= 4 is 57.8 Å². The van der Waals surface area contributed by atoms with E-state index in [-0.39, 0.29) is 41.1 Å². The van der Waals surface area contributed by atoms with Crippen molar-refractivity contribution in [1.29, 1.82) is 0 Å². The van der Waals surface area contributed by atoms with Crippen LogP contribution in [0.15, 0.2) is 163 Å². The molecule has 11 heteroatoms. The third-order valence-corrected chi connectivity index (χ3v) is 13.1. The van der Waals surface area contributed by atoms with E-state index in [9.17, 15) is 24.0 Å². The van der Waals surface area contributed by atoms with Gasteiger partial charge in [-0.1, -0.05) is 155 Å². The van der Waals surface area contributed by atoms with Gasteiger partial charge in [-0.15, -0.1) is 11.3 Å². The van der Waals surface area contributed by atoms with Gasteiger partial charge in [-0.2, -0.15) is 0 Å². The van der Waals surface area contributed by atoms with Crippen LogP contribution in [0.25, 0.3) is 11.1 Å². The molecule has 10 nitrogen and oxygen atoms in total. The number of nitrogens with zero attached hydrogens (tertiary/aromatic N) is 1. The number of hydrogen-bond acceptors (Lipinski definition) is 10. The Bertz CT molecular complexity index is 2900. The summed E-state index contributed by atoms with van der Waals surface area (Å²) in [7, 11) is 1.86. The van der Waals surface area contributed by atoms with E-state index in [0.717, 1.165) is 40.8 Å². The van der Waals surface area contributed by atoms with E-state index < -0.39 is 23.9 Å². The van der Waals surface area contributed by atoms with Crippen molar-refractivity contribution in [2.45, 2.75) is 78.3 Å². The lowest BCUT2D eigenvalue weighted by molar-refractivity contribution is -0.140. The summed E-state index contributed by atoms with van der Waals surface area (Å²) < 4.78 is 12.1. The van der Waals surface area contributed by atoms with Crippen LogP contribution in [0.5, 0.6) is 11.5 Å². The molecule has 1 aromatic heterocycles. The molecule has 0 fully saturated rings. The Balaban J connectivity index is 1.19. The molecule has 0 saturated carbocycles. The summed E-state index contributed by atoms with van der Waals surface area (Å²) in [5.41, 5.74) is 5.79. The number of amides is 1. The number of esters is 2. The molecule has 2 N–H and O–H groups in total. The Morgan fingerprint density at radius 2 is 1.20 bits per heavy atom. The molecule has 0 radical (unpaired) electrons. The van der Waals surface area contributed by atoms with Gasteiger partial charge in [0.05, 0.1) is 24.2 Å². The van der Waals surface area contributed by atoms with Crippen LogP contribution >= 0.6 is 11.3 Å². The molecule has 6 aromatic carbocycles. The molecule has 2 atom stereocenters. The quantitative estimate of drug-likeness (QED) is 0.0278. The number of benzene rings is 6. The fourth-order valence-electron chi connectivity index (χ4n) is 8.11. The predicted molar refractivity (Wildman–Crippen MR) is 279 cm³/mol. The molecule has 2 unspecified atom stereocenters. The minimum Gasteiger partial charge on any atom is -0.422 e. The number of ether oxygens (including phenoxy) is 2. The predicted octanol–water partition coefficient (Wildman–Crippen LogP) is 13.6. The van der Waals surface area contributed by atoms with Crippen molar-refractivity contribution in [3.8, 4) is 22.6 Å². The number of rotatable bonds is 23. The Morgan fingerprint density at radius 3 is 1.84 bits per heavy atom. The average Bonchev–Trinajstić information content (AvgIpc) is 3.87. The second-order valence-corrected chi connectivity index (χ2v) is 18.2. The van der Waals surface area contributed by atoms with Crippen LogP contribution in [0.2, 0.25) is 0 Å². The topological polar surface area (TPSA) is 131 Å². The van der Waals surface area contributed by atoms with E-state index in [4.69, 9.17) is 9.47 Å². The number of nitrogens with one attached hydrogen (secondary N) is 2. The Hall–Kier alpha value is -7.63. The van der Waals surface area contributed by atoms with Crippen LogP contribution < -0.4 is 20.1 Å². The Morgan fingerprint density at radius 1 is 0.614 bits per heavy atom. The summed E-state index contributed by atoms with van der Waals surface area (Å²) in [5, 5.41) is 8.93. The molecule has 0 aliphatic carbocycles. The Kier molecular flexibility index (Phi) is 17.7. The van der Waals surface area contributed by atoms with Gasteiger partial charge in [-0.05, 0) is 77.9 Å². The largest absolute Gasteiger partial charge is 0.422 e.